The minimum absolute atomic E-state index is 1.12. The Labute approximate surface area is 116 Å². The molecule has 8 aliphatic rings. The Hall–Kier alpha value is 0.0649. The first-order chi connectivity index (χ1) is 9.38. The average Bonchev–Trinajstić information content (AvgIpc) is 2.33. The fraction of sp³-hybridized carbons (Fsp3) is 1.00. The summed E-state index contributed by atoms with van der Waals surface area (Å²) in [5.74, 6) is 19.1. The van der Waals surface area contributed by atoms with Crippen molar-refractivity contribution in [2.24, 2.45) is 82.9 Å². The third-order valence-electron chi connectivity index (χ3n) is 10.9. The molecule has 0 saturated heterocycles. The maximum atomic E-state index is 2.55. The van der Waals surface area contributed by atoms with E-state index < -0.39 is 0 Å². The first kappa shape index (κ1) is 9.16. The quantitative estimate of drug-likeness (QED) is 0.457. The van der Waals surface area contributed by atoms with E-state index in [1.54, 1.807) is 19.3 Å². The molecule has 14 unspecified atom stereocenters. The van der Waals surface area contributed by atoms with E-state index in [1.807, 2.05) is 0 Å². The van der Waals surface area contributed by atoms with E-state index in [0.29, 0.717) is 0 Å². The van der Waals surface area contributed by atoms with Gasteiger partial charge in [0.05, 0.1) is 0 Å². The van der Waals surface area contributed by atoms with Gasteiger partial charge in [0, 0.05) is 0 Å². The Balaban J connectivity index is 1.15. The smallest absolute Gasteiger partial charge is 0.0661 e. The van der Waals surface area contributed by atoms with Gasteiger partial charge in [-0.05, 0) is 95.7 Å². The van der Waals surface area contributed by atoms with Crippen molar-refractivity contribution >= 4 is 7.85 Å². The van der Waals surface area contributed by atoms with Gasteiger partial charge >= 0.3 is 0 Å². The van der Waals surface area contributed by atoms with Gasteiger partial charge in [-0.15, -0.1) is 0 Å². The number of rotatable bonds is 0. The summed E-state index contributed by atoms with van der Waals surface area (Å²) in [6, 6.07) is 0. The van der Waals surface area contributed by atoms with Gasteiger partial charge in [0.1, 0.15) is 7.85 Å². The first-order valence-corrected chi connectivity index (χ1v) is 9.38. The van der Waals surface area contributed by atoms with Crippen molar-refractivity contribution in [1.29, 1.82) is 0 Å². The minimum atomic E-state index is 1.12. The van der Waals surface area contributed by atoms with Crippen molar-refractivity contribution < 1.29 is 0 Å². The molecule has 0 aliphatic heterocycles. The van der Waals surface area contributed by atoms with Crippen LogP contribution in [0.25, 0.3) is 0 Å². The highest BCUT2D eigenvalue weighted by Gasteiger charge is 2.89. The zero-order valence-electron chi connectivity index (χ0n) is 11.8. The van der Waals surface area contributed by atoms with Crippen molar-refractivity contribution in [2.45, 2.75) is 25.1 Å². The molecule has 0 spiro atoms. The molecule has 0 aromatic heterocycles. The van der Waals surface area contributed by atoms with Crippen LogP contribution in [0.1, 0.15) is 19.3 Å². The van der Waals surface area contributed by atoms with Crippen LogP contribution < -0.4 is 0 Å². The normalized spacial score (nSPS) is 89.2. The molecule has 0 N–H and O–H groups in total. The molecule has 8 aliphatic carbocycles. The second-order valence-corrected chi connectivity index (χ2v) is 10.1. The van der Waals surface area contributed by atoms with Crippen molar-refractivity contribution in [3.63, 3.8) is 0 Å². The van der Waals surface area contributed by atoms with Gasteiger partial charge in [0.25, 0.3) is 0 Å². The topological polar surface area (TPSA) is 0 Å². The molecular formula is C18H23B. The Morgan fingerprint density at radius 2 is 0.895 bits per heavy atom. The predicted molar refractivity (Wildman–Crippen MR) is 75.0 cm³/mol. The van der Waals surface area contributed by atoms with Crippen molar-refractivity contribution in [3.05, 3.63) is 0 Å². The summed E-state index contributed by atoms with van der Waals surface area (Å²) in [4.78, 5) is 0. The summed E-state index contributed by atoms with van der Waals surface area (Å²) >= 11 is 0. The molecule has 0 bridgehead atoms. The molecule has 0 aromatic rings. The molecule has 8 fully saturated rings. The van der Waals surface area contributed by atoms with Gasteiger partial charge < -0.3 is 0 Å². The Morgan fingerprint density at radius 1 is 0.474 bits per heavy atom. The summed E-state index contributed by atoms with van der Waals surface area (Å²) in [5.41, 5.74) is 0. The van der Waals surface area contributed by atoms with E-state index in [0.717, 1.165) is 5.82 Å². The van der Waals surface area contributed by atoms with E-state index >= 15 is 0 Å². The fourth-order valence-electron chi connectivity index (χ4n) is 10.6. The highest BCUT2D eigenvalue weighted by Crippen LogP contribution is 2.93. The van der Waals surface area contributed by atoms with Crippen LogP contribution in [0.4, 0.5) is 0 Å². The van der Waals surface area contributed by atoms with Gasteiger partial charge in [0.2, 0.25) is 0 Å². The lowest BCUT2D eigenvalue weighted by Gasteiger charge is -2.94. The van der Waals surface area contributed by atoms with E-state index in [2.05, 4.69) is 7.85 Å². The fourth-order valence-corrected chi connectivity index (χ4v) is 10.6. The van der Waals surface area contributed by atoms with Gasteiger partial charge in [-0.3, -0.25) is 0 Å². The number of hydrogen-bond acceptors (Lipinski definition) is 0. The van der Waals surface area contributed by atoms with Gasteiger partial charge in [-0.2, -0.15) is 0 Å². The van der Waals surface area contributed by atoms with E-state index in [1.165, 1.54) is 82.9 Å². The lowest BCUT2D eigenvalue weighted by Crippen LogP contribution is -2.90. The van der Waals surface area contributed by atoms with Crippen LogP contribution in [0, 0.1) is 82.9 Å². The van der Waals surface area contributed by atoms with Gasteiger partial charge in [-0.25, -0.2) is 0 Å². The summed E-state index contributed by atoms with van der Waals surface area (Å²) in [7, 11) is 2.55. The van der Waals surface area contributed by atoms with Crippen molar-refractivity contribution in [3.8, 4) is 0 Å². The molecule has 1 heteroatoms. The Bertz CT molecular complexity index is 536. The highest BCUT2D eigenvalue weighted by atomic mass is 14.9. The lowest BCUT2D eigenvalue weighted by molar-refractivity contribution is -0.464. The van der Waals surface area contributed by atoms with Crippen molar-refractivity contribution in [1.82, 2.24) is 0 Å². The standard InChI is InChI=1S/C18H23B/c19-7-3-6-8(7)12-11(6)15-16(12)18-14-10-5-2-1-4(5)9(10)13(14)17(15)18/h4-18H,1-3,19H2/t4?,5?,6?,7-,8?,9?,10?,11?,12?,13?,14?,15?,16?,17?,18?/m1/s1. The van der Waals surface area contributed by atoms with Crippen LogP contribution in [0.3, 0.4) is 0 Å². The third kappa shape index (κ3) is 0.588. The van der Waals surface area contributed by atoms with Crippen LogP contribution in [0.2, 0.25) is 5.82 Å². The molecule has 0 amide bonds. The van der Waals surface area contributed by atoms with Crippen LogP contribution in [-0.2, 0) is 0 Å². The second kappa shape index (κ2) is 2.28. The molecular weight excluding hydrogens is 227 g/mol. The molecule has 8 saturated carbocycles. The van der Waals surface area contributed by atoms with Gasteiger partial charge in [0.15, 0.2) is 0 Å². The maximum Gasteiger partial charge on any atom is 0.105 e. The predicted octanol–water partition coefficient (Wildman–Crippen LogP) is 2.31. The van der Waals surface area contributed by atoms with E-state index in [4.69, 9.17) is 0 Å². The lowest BCUT2D eigenvalue weighted by atomic mass is 9.10. The summed E-state index contributed by atoms with van der Waals surface area (Å²) in [6.45, 7) is 0. The van der Waals surface area contributed by atoms with Crippen LogP contribution in [0.5, 0.6) is 0 Å². The van der Waals surface area contributed by atoms with Crippen LogP contribution in [0.15, 0.2) is 0 Å². The number of fused-ring (bicyclic) bond motifs is 19. The van der Waals surface area contributed by atoms with Crippen LogP contribution in [-0.4, -0.2) is 7.85 Å². The number of hydrogen-bond donors (Lipinski definition) is 0. The SMILES string of the molecule is B[C@@H]1CC2C3C4C5C6C7C8CCC8C7C6C5C4C3C21. The first-order valence-electron chi connectivity index (χ1n) is 9.38. The maximum absolute atomic E-state index is 2.55. The Morgan fingerprint density at radius 3 is 1.37 bits per heavy atom. The molecule has 0 aromatic carbocycles. The van der Waals surface area contributed by atoms with E-state index in [-0.39, 0.29) is 0 Å². The summed E-state index contributed by atoms with van der Waals surface area (Å²) in [6.07, 6.45) is 4.89. The zero-order chi connectivity index (χ0) is 11.8. The molecule has 15 atom stereocenters. The minimum Gasteiger partial charge on any atom is -0.0661 e. The molecule has 8 rings (SSSR count). The average molecular weight is 250 g/mol. The third-order valence-corrected chi connectivity index (χ3v) is 10.9. The molecule has 98 valence electrons. The highest BCUT2D eigenvalue weighted by molar-refractivity contribution is 6.12. The second-order valence-electron chi connectivity index (χ2n) is 10.1. The molecule has 0 heterocycles. The molecule has 0 nitrogen and oxygen atoms in total. The summed E-state index contributed by atoms with van der Waals surface area (Å²) < 4.78 is 0. The summed E-state index contributed by atoms with van der Waals surface area (Å²) in [5, 5.41) is 0. The van der Waals surface area contributed by atoms with E-state index in [9.17, 15) is 0 Å². The Kier molecular flexibility index (Phi) is 1.10. The van der Waals surface area contributed by atoms with Crippen LogP contribution >= 0.6 is 0 Å². The largest absolute Gasteiger partial charge is 0.105 e. The molecule has 0 radical (unpaired) electrons. The monoisotopic (exact) mass is 250 g/mol. The van der Waals surface area contributed by atoms with Crippen molar-refractivity contribution in [2.75, 3.05) is 0 Å². The zero-order valence-corrected chi connectivity index (χ0v) is 11.8. The molecule has 19 heavy (non-hydrogen) atoms. The van der Waals surface area contributed by atoms with Gasteiger partial charge in [-0.1, -0.05) is 12.2 Å².